The number of thiazole rings is 1. The van der Waals surface area contributed by atoms with Gasteiger partial charge in [-0.1, -0.05) is 72.0 Å². The summed E-state index contributed by atoms with van der Waals surface area (Å²) in [5.41, 5.74) is 3.40. The fourth-order valence-electron chi connectivity index (χ4n) is 4.21. The molecule has 2 aromatic heterocycles. The molecule has 3 heterocycles. The van der Waals surface area contributed by atoms with Gasteiger partial charge in [-0.15, -0.1) is 0 Å². The Bertz CT molecular complexity index is 1690. The molecule has 0 spiro atoms. The summed E-state index contributed by atoms with van der Waals surface area (Å²) in [4.78, 5) is 32.3. The minimum absolute atomic E-state index is 0.218. The Morgan fingerprint density at radius 1 is 1.03 bits per heavy atom. The summed E-state index contributed by atoms with van der Waals surface area (Å²) in [6.07, 6.45) is 5.58. The number of fused-ring (bicyclic) bond motifs is 1. The van der Waals surface area contributed by atoms with Crippen molar-refractivity contribution >= 4 is 35.1 Å². The van der Waals surface area contributed by atoms with Crippen molar-refractivity contribution in [3.63, 3.8) is 0 Å². The van der Waals surface area contributed by atoms with Crippen molar-refractivity contribution in [1.82, 2.24) is 4.57 Å². The van der Waals surface area contributed by atoms with Crippen LogP contribution >= 0.6 is 11.3 Å². The maximum atomic E-state index is 13.6. The van der Waals surface area contributed by atoms with E-state index in [-0.39, 0.29) is 11.5 Å². The third-order valence-corrected chi connectivity index (χ3v) is 7.03. The second kappa shape index (κ2) is 9.79. The highest BCUT2D eigenvalue weighted by molar-refractivity contribution is 7.07. The van der Waals surface area contributed by atoms with Crippen LogP contribution in [0.2, 0.25) is 0 Å². The van der Waals surface area contributed by atoms with Gasteiger partial charge < -0.3 is 9.73 Å². The van der Waals surface area contributed by atoms with Crippen molar-refractivity contribution in [3.8, 4) is 0 Å². The van der Waals surface area contributed by atoms with E-state index in [0.29, 0.717) is 37.8 Å². The Morgan fingerprint density at radius 2 is 1.78 bits per heavy atom. The number of nitrogens with zero attached hydrogens (tertiary/aromatic N) is 2. The zero-order valence-corrected chi connectivity index (χ0v) is 21.0. The molecule has 1 aliphatic rings. The first-order valence-corrected chi connectivity index (χ1v) is 12.4. The maximum absolute atomic E-state index is 13.6. The smallest absolute Gasteiger partial charge is 0.271 e. The Balaban J connectivity index is 1.60. The first-order valence-electron chi connectivity index (χ1n) is 11.6. The number of aromatic nitrogens is 1. The average Bonchev–Trinajstić information content (AvgIpc) is 3.43. The fourth-order valence-corrected chi connectivity index (χ4v) is 5.21. The number of benzene rings is 2. The normalized spacial score (nSPS) is 15.8. The molecule has 7 heteroatoms. The van der Waals surface area contributed by atoms with Crippen molar-refractivity contribution < 1.29 is 9.21 Å². The lowest BCUT2D eigenvalue weighted by molar-refractivity contribution is -0.113. The van der Waals surface area contributed by atoms with Crippen molar-refractivity contribution in [2.24, 2.45) is 4.99 Å². The Hall–Kier alpha value is -4.23. The predicted molar refractivity (Wildman–Crippen MR) is 143 cm³/mol. The number of hydrogen-bond donors (Lipinski definition) is 1. The number of amides is 1. The molecule has 0 fully saturated rings. The van der Waals surface area contributed by atoms with Crippen LogP contribution in [0.15, 0.2) is 98.3 Å². The SMILES string of the molecule is CC1=C(C(=O)Nc2ccccc2C)C(c2ccc(C)o2)n2c(sc(=CC=Cc3ccccc3)c2=O)=N1. The molecule has 1 aliphatic heterocycles. The van der Waals surface area contributed by atoms with Gasteiger partial charge in [0.1, 0.15) is 17.6 Å². The molecule has 0 saturated carbocycles. The second-order valence-corrected chi connectivity index (χ2v) is 9.60. The molecule has 1 N–H and O–H groups in total. The molecule has 1 amide bonds. The molecule has 180 valence electrons. The van der Waals surface area contributed by atoms with E-state index in [1.54, 1.807) is 17.6 Å². The van der Waals surface area contributed by atoms with Crippen molar-refractivity contribution in [1.29, 1.82) is 0 Å². The zero-order valence-electron chi connectivity index (χ0n) is 20.2. The van der Waals surface area contributed by atoms with E-state index >= 15 is 0 Å². The van der Waals surface area contributed by atoms with Crippen molar-refractivity contribution in [2.75, 3.05) is 5.32 Å². The minimum atomic E-state index is -0.723. The largest absolute Gasteiger partial charge is 0.464 e. The molecule has 6 nitrogen and oxygen atoms in total. The van der Waals surface area contributed by atoms with Gasteiger partial charge in [0.15, 0.2) is 4.80 Å². The minimum Gasteiger partial charge on any atom is -0.464 e. The number of nitrogens with one attached hydrogen (secondary N) is 1. The summed E-state index contributed by atoms with van der Waals surface area (Å²) >= 11 is 1.30. The van der Waals surface area contributed by atoms with Gasteiger partial charge in [-0.2, -0.15) is 0 Å². The van der Waals surface area contributed by atoms with Gasteiger partial charge >= 0.3 is 0 Å². The number of hydrogen-bond acceptors (Lipinski definition) is 5. The van der Waals surface area contributed by atoms with Gasteiger partial charge in [-0.05, 0) is 56.2 Å². The van der Waals surface area contributed by atoms with Gasteiger partial charge in [0.05, 0.1) is 15.8 Å². The van der Waals surface area contributed by atoms with Crippen LogP contribution in [0.1, 0.15) is 35.6 Å². The molecule has 36 heavy (non-hydrogen) atoms. The van der Waals surface area contributed by atoms with Crippen LogP contribution in [0.5, 0.6) is 0 Å². The highest BCUT2D eigenvalue weighted by Gasteiger charge is 2.34. The molecular formula is C29H25N3O3S. The van der Waals surface area contributed by atoms with E-state index in [1.807, 2.05) is 92.7 Å². The zero-order chi connectivity index (χ0) is 25.2. The number of rotatable bonds is 5. The highest BCUT2D eigenvalue weighted by Crippen LogP contribution is 2.32. The number of anilines is 1. The lowest BCUT2D eigenvalue weighted by Gasteiger charge is -2.23. The van der Waals surface area contributed by atoms with Crippen molar-refractivity contribution in [3.05, 3.63) is 126 Å². The summed E-state index contributed by atoms with van der Waals surface area (Å²) in [7, 11) is 0. The maximum Gasteiger partial charge on any atom is 0.271 e. The first kappa shape index (κ1) is 23.5. The lowest BCUT2D eigenvalue weighted by Crippen LogP contribution is -2.40. The van der Waals surface area contributed by atoms with E-state index in [4.69, 9.17) is 4.42 Å². The van der Waals surface area contributed by atoms with Crippen LogP contribution in [0.25, 0.3) is 12.2 Å². The fraction of sp³-hybridized carbons (Fsp3) is 0.138. The molecule has 4 aromatic rings. The third kappa shape index (κ3) is 4.53. The van der Waals surface area contributed by atoms with E-state index in [2.05, 4.69) is 10.3 Å². The van der Waals surface area contributed by atoms with Gasteiger partial charge in [0.25, 0.3) is 11.5 Å². The summed E-state index contributed by atoms with van der Waals surface area (Å²) < 4.78 is 8.04. The average molecular weight is 496 g/mol. The van der Waals surface area contributed by atoms with E-state index in [0.717, 1.165) is 11.1 Å². The van der Waals surface area contributed by atoms with Gasteiger partial charge in [-0.3, -0.25) is 14.2 Å². The lowest BCUT2D eigenvalue weighted by atomic mass is 10.00. The number of para-hydroxylation sites is 1. The van der Waals surface area contributed by atoms with Crippen LogP contribution in [-0.4, -0.2) is 10.5 Å². The molecular weight excluding hydrogens is 470 g/mol. The topological polar surface area (TPSA) is 76.6 Å². The van der Waals surface area contributed by atoms with Gasteiger partial charge in [0.2, 0.25) is 0 Å². The van der Waals surface area contributed by atoms with Crippen LogP contribution in [0.3, 0.4) is 0 Å². The molecule has 2 aromatic carbocycles. The predicted octanol–water partition coefficient (Wildman–Crippen LogP) is 4.75. The number of furan rings is 1. The third-order valence-electron chi connectivity index (χ3n) is 6.03. The summed E-state index contributed by atoms with van der Waals surface area (Å²) in [6.45, 7) is 5.56. The number of carbonyl (C=O) groups excluding carboxylic acids is 1. The summed E-state index contributed by atoms with van der Waals surface area (Å²) in [6, 6.07) is 20.4. The van der Waals surface area contributed by atoms with Gasteiger partial charge in [0, 0.05) is 5.69 Å². The van der Waals surface area contributed by atoms with Crippen molar-refractivity contribution in [2.45, 2.75) is 26.8 Å². The molecule has 5 rings (SSSR count). The Morgan fingerprint density at radius 3 is 2.50 bits per heavy atom. The monoisotopic (exact) mass is 495 g/mol. The number of aryl methyl sites for hydroxylation is 2. The second-order valence-electron chi connectivity index (χ2n) is 8.59. The van der Waals surface area contributed by atoms with E-state index in [9.17, 15) is 9.59 Å². The van der Waals surface area contributed by atoms with Crippen LogP contribution in [-0.2, 0) is 4.79 Å². The summed E-state index contributed by atoms with van der Waals surface area (Å²) in [5.74, 6) is 0.901. The molecule has 1 atom stereocenters. The number of allylic oxidation sites excluding steroid dienone is 2. The van der Waals surface area contributed by atoms with Gasteiger partial charge in [-0.25, -0.2) is 4.99 Å². The van der Waals surface area contributed by atoms with E-state index in [1.165, 1.54) is 11.3 Å². The van der Waals surface area contributed by atoms with E-state index < -0.39 is 6.04 Å². The van der Waals surface area contributed by atoms with Crippen LogP contribution in [0, 0.1) is 13.8 Å². The Labute approximate surface area is 212 Å². The molecule has 1 unspecified atom stereocenters. The molecule has 0 aliphatic carbocycles. The van der Waals surface area contributed by atoms with Crippen LogP contribution in [0.4, 0.5) is 5.69 Å². The molecule has 0 radical (unpaired) electrons. The molecule has 0 bridgehead atoms. The highest BCUT2D eigenvalue weighted by atomic mass is 32.1. The molecule has 0 saturated heterocycles. The van der Waals surface area contributed by atoms with Crippen LogP contribution < -0.4 is 20.2 Å². The summed E-state index contributed by atoms with van der Waals surface area (Å²) in [5, 5.41) is 3.00. The quantitative estimate of drug-likeness (QED) is 0.434. The first-order chi connectivity index (χ1) is 17.4. The standard InChI is InChI=1S/C29H25N3O3S/c1-18-10-7-8-14-22(18)31-27(33)25-20(3)30-29-32(26(25)23-17-16-19(2)35-23)28(34)24(36-29)15-9-13-21-11-5-4-6-12-21/h4-17,26H,1-3H3,(H,31,33). The number of carbonyl (C=O) groups is 1. The Kier molecular flexibility index (Phi) is 6.40.